The fourth-order valence-corrected chi connectivity index (χ4v) is 2.60. The SMILES string of the molecule is [CH2]C(CC)(CC)[C](OOC(=O)c1ccccc1OC)OOC(=O)c1ccccc1OC. The average molecular weight is 430 g/mol. The molecule has 8 nitrogen and oxygen atoms in total. The van der Waals surface area contributed by atoms with E-state index in [1.54, 1.807) is 36.4 Å². The Morgan fingerprint density at radius 1 is 0.742 bits per heavy atom. The molecule has 0 saturated carbocycles. The summed E-state index contributed by atoms with van der Waals surface area (Å²) in [7, 11) is 2.86. The Kier molecular flexibility index (Phi) is 8.84. The van der Waals surface area contributed by atoms with Crippen molar-refractivity contribution in [2.75, 3.05) is 14.2 Å². The molecule has 2 aromatic rings. The van der Waals surface area contributed by atoms with E-state index in [1.807, 2.05) is 13.8 Å². The van der Waals surface area contributed by atoms with Crippen LogP contribution in [0, 0.1) is 18.6 Å². The molecule has 0 saturated heterocycles. The van der Waals surface area contributed by atoms with Gasteiger partial charge in [-0.3, -0.25) is 9.78 Å². The highest BCUT2D eigenvalue weighted by Gasteiger charge is 2.40. The number of hydrogen-bond acceptors (Lipinski definition) is 8. The monoisotopic (exact) mass is 430 g/mol. The summed E-state index contributed by atoms with van der Waals surface area (Å²) in [6.07, 6.45) is 0.637. The predicted octanol–water partition coefficient (Wildman–Crippen LogP) is 4.71. The largest absolute Gasteiger partial charge is 0.496 e. The van der Waals surface area contributed by atoms with Gasteiger partial charge in [0.2, 0.25) is 0 Å². The average Bonchev–Trinajstić information content (AvgIpc) is 2.82. The summed E-state index contributed by atoms with van der Waals surface area (Å²) >= 11 is 0. The van der Waals surface area contributed by atoms with Crippen LogP contribution in [0.4, 0.5) is 0 Å². The quantitative estimate of drug-likeness (QED) is 0.374. The summed E-state index contributed by atoms with van der Waals surface area (Å²) in [5.74, 6) is -1.01. The molecule has 0 N–H and O–H groups in total. The summed E-state index contributed by atoms with van der Waals surface area (Å²) < 4.78 is 10.3. The summed E-state index contributed by atoms with van der Waals surface area (Å²) in [5, 5.41) is 0. The molecule has 0 aliphatic rings. The lowest BCUT2D eigenvalue weighted by Gasteiger charge is -2.30. The topological polar surface area (TPSA) is 89.5 Å². The van der Waals surface area contributed by atoms with Gasteiger partial charge in [-0.25, -0.2) is 9.59 Å². The molecule has 0 aromatic heterocycles. The first-order valence-corrected chi connectivity index (χ1v) is 9.66. The molecule has 2 aromatic carbocycles. The first-order valence-electron chi connectivity index (χ1n) is 9.66. The minimum Gasteiger partial charge on any atom is -0.496 e. The molecule has 0 spiro atoms. The highest BCUT2D eigenvalue weighted by Crippen LogP contribution is 2.38. The van der Waals surface area contributed by atoms with E-state index in [0.717, 1.165) is 0 Å². The molecule has 2 radical (unpaired) electrons. The van der Waals surface area contributed by atoms with Crippen LogP contribution in [-0.2, 0) is 19.6 Å². The zero-order valence-electron chi connectivity index (χ0n) is 18.0. The van der Waals surface area contributed by atoms with Crippen molar-refractivity contribution >= 4 is 11.9 Å². The van der Waals surface area contributed by atoms with Crippen molar-refractivity contribution in [1.29, 1.82) is 0 Å². The van der Waals surface area contributed by atoms with Gasteiger partial charge in [0.15, 0.2) is 0 Å². The third-order valence-corrected chi connectivity index (χ3v) is 4.83. The standard InChI is InChI=1S/C23H26O8/c1-6-23(3,7-2)22(30-28-20(24)16-12-8-10-14-18(16)26-4)31-29-21(25)17-13-9-11-15-19(17)27-5/h8-15H,3,6-7H2,1-2,4-5H3. The van der Waals surface area contributed by atoms with E-state index in [0.29, 0.717) is 24.3 Å². The summed E-state index contributed by atoms with van der Waals surface area (Å²) in [6, 6.07) is 13.0. The molecule has 0 amide bonds. The maximum absolute atomic E-state index is 12.4. The van der Waals surface area contributed by atoms with Gasteiger partial charge < -0.3 is 9.47 Å². The molecule has 2 rings (SSSR count). The molecule has 0 heterocycles. The van der Waals surface area contributed by atoms with E-state index in [-0.39, 0.29) is 17.4 Å². The van der Waals surface area contributed by atoms with Crippen LogP contribution in [-0.4, -0.2) is 26.2 Å². The Balaban J connectivity index is 2.12. The smallest absolute Gasteiger partial charge is 0.376 e. The van der Waals surface area contributed by atoms with Crippen LogP contribution >= 0.6 is 0 Å². The second-order valence-electron chi connectivity index (χ2n) is 6.58. The van der Waals surface area contributed by atoms with Gasteiger partial charge in [0.05, 0.1) is 14.2 Å². The zero-order chi connectivity index (χ0) is 22.9. The molecule has 0 unspecified atom stereocenters. The lowest BCUT2D eigenvalue weighted by Crippen LogP contribution is -2.31. The van der Waals surface area contributed by atoms with E-state index in [2.05, 4.69) is 6.92 Å². The second kappa shape index (κ2) is 11.3. The molecule has 8 heteroatoms. The second-order valence-corrected chi connectivity index (χ2v) is 6.58. The number of carbonyl (C=O) groups excluding carboxylic acids is 2. The third kappa shape index (κ3) is 5.96. The third-order valence-electron chi connectivity index (χ3n) is 4.83. The van der Waals surface area contributed by atoms with E-state index >= 15 is 0 Å². The molecule has 0 atom stereocenters. The van der Waals surface area contributed by atoms with Gasteiger partial charge in [-0.15, -0.1) is 9.78 Å². The highest BCUT2D eigenvalue weighted by molar-refractivity contribution is 5.92. The minimum absolute atomic E-state index is 0.151. The molecule has 0 bridgehead atoms. The molecule has 0 fully saturated rings. The Hall–Kier alpha value is -3.10. The van der Waals surface area contributed by atoms with Gasteiger partial charge in [0.1, 0.15) is 22.6 Å². The number of carbonyl (C=O) groups is 2. The molecule has 0 aliphatic heterocycles. The maximum atomic E-state index is 12.4. The van der Waals surface area contributed by atoms with Crippen LogP contribution in [0.2, 0.25) is 0 Å². The van der Waals surface area contributed by atoms with Crippen molar-refractivity contribution < 1.29 is 38.6 Å². The van der Waals surface area contributed by atoms with Gasteiger partial charge in [0, 0.05) is 5.41 Å². The van der Waals surface area contributed by atoms with Crippen LogP contribution in [0.1, 0.15) is 47.4 Å². The zero-order valence-corrected chi connectivity index (χ0v) is 18.0. The number of para-hydroxylation sites is 2. The van der Waals surface area contributed by atoms with E-state index in [9.17, 15) is 9.59 Å². The molecule has 31 heavy (non-hydrogen) atoms. The first kappa shape index (κ1) is 24.2. The molecular weight excluding hydrogens is 404 g/mol. The Bertz CT molecular complexity index is 812. The molecule has 0 aliphatic carbocycles. The van der Waals surface area contributed by atoms with Gasteiger partial charge >= 0.3 is 18.2 Å². The van der Waals surface area contributed by atoms with E-state index in [4.69, 9.17) is 29.0 Å². The first-order chi connectivity index (χ1) is 14.9. The van der Waals surface area contributed by atoms with Gasteiger partial charge in [-0.2, -0.15) is 0 Å². The number of benzene rings is 2. The van der Waals surface area contributed by atoms with E-state index in [1.165, 1.54) is 26.4 Å². The van der Waals surface area contributed by atoms with Crippen LogP contribution < -0.4 is 9.47 Å². The van der Waals surface area contributed by atoms with Crippen molar-refractivity contribution in [2.24, 2.45) is 5.41 Å². The molecular formula is C23H26O8. The van der Waals surface area contributed by atoms with Gasteiger partial charge in [-0.1, -0.05) is 38.1 Å². The fraction of sp³-hybridized carbons (Fsp3) is 0.304. The number of hydrogen-bond donors (Lipinski definition) is 0. The van der Waals surface area contributed by atoms with Crippen LogP contribution in [0.5, 0.6) is 11.5 Å². The number of rotatable bonds is 11. The Morgan fingerprint density at radius 2 is 1.13 bits per heavy atom. The summed E-state index contributed by atoms with van der Waals surface area (Å²) in [4.78, 5) is 45.1. The van der Waals surface area contributed by atoms with Crippen molar-refractivity contribution in [1.82, 2.24) is 0 Å². The Morgan fingerprint density at radius 3 is 1.48 bits per heavy atom. The van der Waals surface area contributed by atoms with Crippen LogP contribution in [0.3, 0.4) is 0 Å². The maximum Gasteiger partial charge on any atom is 0.376 e. The fourth-order valence-electron chi connectivity index (χ4n) is 2.60. The number of methoxy groups -OCH3 is 2. The molecule has 166 valence electrons. The lowest BCUT2D eigenvalue weighted by atomic mass is 9.84. The van der Waals surface area contributed by atoms with Crippen molar-refractivity contribution in [3.63, 3.8) is 0 Å². The Labute approximate surface area is 181 Å². The van der Waals surface area contributed by atoms with Crippen molar-refractivity contribution in [3.8, 4) is 11.5 Å². The number of ether oxygens (including phenoxy) is 2. The normalized spacial score (nSPS) is 11.2. The van der Waals surface area contributed by atoms with Gasteiger partial charge in [0.25, 0.3) is 0 Å². The van der Waals surface area contributed by atoms with Crippen molar-refractivity contribution in [3.05, 3.63) is 72.9 Å². The van der Waals surface area contributed by atoms with Crippen molar-refractivity contribution in [2.45, 2.75) is 26.7 Å². The highest BCUT2D eigenvalue weighted by atomic mass is 17.3. The summed E-state index contributed by atoms with van der Waals surface area (Å²) in [5.41, 5.74) is -0.640. The van der Waals surface area contributed by atoms with E-state index < -0.39 is 17.4 Å². The van der Waals surface area contributed by atoms with Crippen LogP contribution in [0.15, 0.2) is 48.5 Å². The lowest BCUT2D eigenvalue weighted by molar-refractivity contribution is -0.381. The minimum atomic E-state index is -0.942. The van der Waals surface area contributed by atoms with Crippen LogP contribution in [0.25, 0.3) is 0 Å². The predicted molar refractivity (Wildman–Crippen MR) is 111 cm³/mol. The van der Waals surface area contributed by atoms with Gasteiger partial charge in [-0.05, 0) is 44.0 Å². The summed E-state index contributed by atoms with van der Waals surface area (Å²) in [6.45, 7) is 7.74.